The molecule has 0 fully saturated rings. The Balaban J connectivity index is 3.37. The van der Waals surface area contributed by atoms with Gasteiger partial charge in [-0.15, -0.1) is 0 Å². The van der Waals surface area contributed by atoms with Gasteiger partial charge in [0, 0.05) is 26.0 Å². The first-order valence-corrected chi connectivity index (χ1v) is 6.91. The first kappa shape index (κ1) is 13.9. The first-order valence-electron chi connectivity index (χ1n) is 4.95. The molecule has 1 unspecified atom stereocenters. The summed E-state index contributed by atoms with van der Waals surface area (Å²) in [4.78, 5) is 0. The number of sulfone groups is 1. The zero-order chi connectivity index (χ0) is 11.0. The van der Waals surface area contributed by atoms with Crippen LogP contribution in [0.1, 0.15) is 20.3 Å². The molecular weight excluding hydrogens is 202 g/mol. The van der Waals surface area contributed by atoms with Gasteiger partial charge in [-0.05, 0) is 26.8 Å². The topological polar surface area (TPSA) is 55.4 Å². The lowest BCUT2D eigenvalue weighted by molar-refractivity contribution is 0.145. The molecule has 0 amide bonds. The molecule has 0 spiro atoms. The van der Waals surface area contributed by atoms with Gasteiger partial charge in [0.15, 0.2) is 9.84 Å². The van der Waals surface area contributed by atoms with Crippen LogP contribution >= 0.6 is 0 Å². The molecule has 0 aliphatic rings. The highest BCUT2D eigenvalue weighted by atomic mass is 32.2. The molecule has 5 heteroatoms. The number of hydrogen-bond acceptors (Lipinski definition) is 4. The first-order chi connectivity index (χ1) is 6.48. The molecule has 86 valence electrons. The molecule has 0 aliphatic carbocycles. The third-order valence-electron chi connectivity index (χ3n) is 2.01. The van der Waals surface area contributed by atoms with Crippen LogP contribution < -0.4 is 5.32 Å². The van der Waals surface area contributed by atoms with Crippen LogP contribution in [0.25, 0.3) is 0 Å². The Morgan fingerprint density at radius 1 is 1.43 bits per heavy atom. The van der Waals surface area contributed by atoms with Gasteiger partial charge in [0.25, 0.3) is 0 Å². The fourth-order valence-electron chi connectivity index (χ4n) is 0.900. The van der Waals surface area contributed by atoms with Crippen molar-refractivity contribution in [2.75, 3.05) is 32.6 Å². The molecule has 4 nitrogen and oxygen atoms in total. The van der Waals surface area contributed by atoms with Crippen LogP contribution in [0.15, 0.2) is 0 Å². The molecule has 0 heterocycles. The van der Waals surface area contributed by atoms with Crippen LogP contribution in [0.2, 0.25) is 0 Å². The van der Waals surface area contributed by atoms with Crippen molar-refractivity contribution in [3.05, 3.63) is 0 Å². The molecule has 0 saturated heterocycles. The van der Waals surface area contributed by atoms with Crippen LogP contribution in [-0.2, 0) is 14.6 Å². The van der Waals surface area contributed by atoms with Crippen molar-refractivity contribution >= 4 is 9.84 Å². The Morgan fingerprint density at radius 2 is 2.07 bits per heavy atom. The van der Waals surface area contributed by atoms with Gasteiger partial charge in [-0.2, -0.15) is 0 Å². The number of nitrogens with one attached hydrogen (secondary N) is 1. The molecule has 0 aromatic carbocycles. The zero-order valence-corrected chi connectivity index (χ0v) is 10.1. The third kappa shape index (κ3) is 7.29. The maximum Gasteiger partial charge on any atom is 0.151 e. The van der Waals surface area contributed by atoms with Crippen molar-refractivity contribution in [1.82, 2.24) is 5.32 Å². The Kier molecular flexibility index (Phi) is 7.13. The van der Waals surface area contributed by atoms with E-state index in [-0.39, 0.29) is 5.25 Å². The molecule has 0 rings (SSSR count). The van der Waals surface area contributed by atoms with Gasteiger partial charge in [-0.25, -0.2) is 8.42 Å². The van der Waals surface area contributed by atoms with Crippen molar-refractivity contribution in [2.45, 2.75) is 25.5 Å². The van der Waals surface area contributed by atoms with Gasteiger partial charge in [0.2, 0.25) is 0 Å². The summed E-state index contributed by atoms with van der Waals surface area (Å²) in [6.45, 7) is 6.46. The highest BCUT2D eigenvalue weighted by Gasteiger charge is 2.13. The lowest BCUT2D eigenvalue weighted by Crippen LogP contribution is -2.31. The number of rotatable bonds is 8. The van der Waals surface area contributed by atoms with Crippen LogP contribution in [-0.4, -0.2) is 46.2 Å². The molecular formula is C9H21NO3S. The largest absolute Gasteiger partial charge is 0.382 e. The van der Waals surface area contributed by atoms with E-state index < -0.39 is 9.84 Å². The standard InChI is InChI=1S/C9H21NO3S/c1-4-13-7-5-6-10-8-9(2)14(3,11)12/h9-10H,4-8H2,1-3H3. The van der Waals surface area contributed by atoms with Crippen molar-refractivity contribution in [3.63, 3.8) is 0 Å². The summed E-state index contributed by atoms with van der Waals surface area (Å²) in [6, 6.07) is 0. The normalized spacial score (nSPS) is 14.2. The van der Waals surface area contributed by atoms with Crippen molar-refractivity contribution in [3.8, 4) is 0 Å². The van der Waals surface area contributed by atoms with Crippen LogP contribution in [0.3, 0.4) is 0 Å². The second kappa shape index (κ2) is 7.20. The van der Waals surface area contributed by atoms with Crippen LogP contribution in [0.5, 0.6) is 0 Å². The van der Waals surface area contributed by atoms with Crippen molar-refractivity contribution in [1.29, 1.82) is 0 Å². The molecule has 1 atom stereocenters. The smallest absolute Gasteiger partial charge is 0.151 e. The second-order valence-corrected chi connectivity index (χ2v) is 5.86. The molecule has 0 aliphatic heterocycles. The Bertz CT molecular complexity index is 226. The minimum absolute atomic E-state index is 0.311. The minimum Gasteiger partial charge on any atom is -0.382 e. The fraction of sp³-hybridized carbons (Fsp3) is 1.00. The molecule has 0 saturated carbocycles. The van der Waals surface area contributed by atoms with E-state index >= 15 is 0 Å². The maximum atomic E-state index is 11.0. The Hall–Kier alpha value is -0.130. The lowest BCUT2D eigenvalue weighted by atomic mass is 10.4. The average molecular weight is 223 g/mol. The van der Waals surface area contributed by atoms with Gasteiger partial charge < -0.3 is 10.1 Å². The highest BCUT2D eigenvalue weighted by Crippen LogP contribution is 1.95. The fourth-order valence-corrected chi connectivity index (χ4v) is 1.32. The lowest BCUT2D eigenvalue weighted by Gasteiger charge is -2.10. The summed E-state index contributed by atoms with van der Waals surface area (Å²) in [7, 11) is -2.89. The summed E-state index contributed by atoms with van der Waals surface area (Å²) in [5, 5.41) is 2.78. The van der Waals surface area contributed by atoms with Crippen LogP contribution in [0.4, 0.5) is 0 Å². The third-order valence-corrected chi connectivity index (χ3v) is 3.64. The highest BCUT2D eigenvalue weighted by molar-refractivity contribution is 7.91. The predicted molar refractivity (Wildman–Crippen MR) is 58.3 cm³/mol. The second-order valence-electron chi connectivity index (χ2n) is 3.39. The number of hydrogen-bond donors (Lipinski definition) is 1. The summed E-state index contributed by atoms with van der Waals surface area (Å²) in [5.74, 6) is 0. The molecule has 0 aromatic rings. The molecule has 1 N–H and O–H groups in total. The summed E-state index contributed by atoms with van der Waals surface area (Å²) < 4.78 is 27.2. The van der Waals surface area contributed by atoms with Crippen molar-refractivity contribution < 1.29 is 13.2 Å². The minimum atomic E-state index is -2.89. The van der Waals surface area contributed by atoms with Gasteiger partial charge in [0.05, 0.1) is 5.25 Å². The van der Waals surface area contributed by atoms with Crippen molar-refractivity contribution in [2.24, 2.45) is 0 Å². The molecule has 0 radical (unpaired) electrons. The summed E-state index contributed by atoms with van der Waals surface area (Å²) >= 11 is 0. The van der Waals surface area contributed by atoms with E-state index in [4.69, 9.17) is 4.74 Å². The van der Waals surface area contributed by atoms with Gasteiger partial charge in [0.1, 0.15) is 0 Å². The summed E-state index contributed by atoms with van der Waals surface area (Å²) in [6.07, 6.45) is 2.18. The summed E-state index contributed by atoms with van der Waals surface area (Å²) in [5.41, 5.74) is 0. The van der Waals surface area contributed by atoms with Gasteiger partial charge >= 0.3 is 0 Å². The monoisotopic (exact) mass is 223 g/mol. The number of ether oxygens (including phenoxy) is 1. The van der Waals surface area contributed by atoms with E-state index in [0.29, 0.717) is 6.54 Å². The van der Waals surface area contributed by atoms with E-state index in [1.165, 1.54) is 6.26 Å². The molecule has 14 heavy (non-hydrogen) atoms. The molecule has 0 bridgehead atoms. The SMILES string of the molecule is CCOCCCNCC(C)S(C)(=O)=O. The predicted octanol–water partition coefficient (Wildman–Crippen LogP) is 0.436. The van der Waals surface area contributed by atoms with Crippen LogP contribution in [0, 0.1) is 0 Å². The van der Waals surface area contributed by atoms with E-state index in [0.717, 1.165) is 26.2 Å². The average Bonchev–Trinajstić information content (AvgIpc) is 2.09. The maximum absolute atomic E-state index is 11.0. The van der Waals surface area contributed by atoms with E-state index in [9.17, 15) is 8.42 Å². The van der Waals surface area contributed by atoms with Gasteiger partial charge in [-0.1, -0.05) is 0 Å². The zero-order valence-electron chi connectivity index (χ0n) is 9.25. The van der Waals surface area contributed by atoms with E-state index in [2.05, 4.69) is 5.32 Å². The Morgan fingerprint density at radius 3 is 2.57 bits per heavy atom. The van der Waals surface area contributed by atoms with E-state index in [1.54, 1.807) is 6.92 Å². The van der Waals surface area contributed by atoms with Gasteiger partial charge in [-0.3, -0.25) is 0 Å². The Labute approximate surface area is 86.9 Å². The van der Waals surface area contributed by atoms with E-state index in [1.807, 2.05) is 6.92 Å². The quantitative estimate of drug-likeness (QED) is 0.607. The molecule has 0 aromatic heterocycles.